The van der Waals surface area contributed by atoms with Gasteiger partial charge in [0.2, 0.25) is 0 Å². The molecule has 0 amide bonds. The Bertz CT molecular complexity index is 373. The third-order valence-corrected chi connectivity index (χ3v) is 3.42. The van der Waals surface area contributed by atoms with Gasteiger partial charge >= 0.3 is 0 Å². The summed E-state index contributed by atoms with van der Waals surface area (Å²) in [5, 5.41) is 10.9. The van der Waals surface area contributed by atoms with Crippen LogP contribution in [0.4, 0.5) is 0 Å². The van der Waals surface area contributed by atoms with Gasteiger partial charge in [0, 0.05) is 5.02 Å². The Hall–Kier alpha value is -0.790. The second-order valence-electron chi connectivity index (χ2n) is 4.45. The lowest BCUT2D eigenvalue weighted by molar-refractivity contribution is 0.102. The van der Waals surface area contributed by atoms with E-state index in [0.29, 0.717) is 12.3 Å². The van der Waals surface area contributed by atoms with E-state index >= 15 is 0 Å². The average Bonchev–Trinajstić information content (AvgIpc) is 2.30. The minimum Gasteiger partial charge on any atom is -0.392 e. The van der Waals surface area contributed by atoms with Crippen LogP contribution in [0.3, 0.4) is 0 Å². The zero-order chi connectivity index (χ0) is 11.4. The molecule has 1 N–H and O–H groups in total. The lowest BCUT2D eigenvalue weighted by Gasteiger charge is -2.23. The molecule has 0 saturated heterocycles. The highest BCUT2D eigenvalue weighted by atomic mass is 35.5. The Balaban J connectivity index is 1.96. The summed E-state index contributed by atoms with van der Waals surface area (Å²) < 4.78 is 0. The van der Waals surface area contributed by atoms with Crippen LogP contribution in [0.25, 0.3) is 0 Å². The predicted molar refractivity (Wildman–Crippen MR) is 67.6 cm³/mol. The smallest absolute Gasteiger partial charge is 0.0611 e. The summed E-state index contributed by atoms with van der Waals surface area (Å²) in [6.45, 7) is 0. The van der Waals surface area contributed by atoms with Crippen LogP contribution in [0.1, 0.15) is 24.8 Å². The number of allylic oxidation sites excluding steroid dienone is 2. The van der Waals surface area contributed by atoms with Crippen molar-refractivity contribution in [2.24, 2.45) is 5.92 Å². The standard InChI is InChI=1S/C14H17ClO/c15-13-8-4-5-11(9-13)10-14(16)12-6-2-1-3-7-12/h1-2,4-5,8-9,12,14,16H,3,6-7,10H2. The van der Waals surface area contributed by atoms with Crippen LogP contribution < -0.4 is 0 Å². The molecule has 0 fully saturated rings. The van der Waals surface area contributed by atoms with Crippen LogP contribution in [0.15, 0.2) is 36.4 Å². The van der Waals surface area contributed by atoms with Gasteiger partial charge in [0.15, 0.2) is 0 Å². The van der Waals surface area contributed by atoms with Gasteiger partial charge in [0.1, 0.15) is 0 Å². The van der Waals surface area contributed by atoms with Crippen molar-refractivity contribution in [2.75, 3.05) is 0 Å². The van der Waals surface area contributed by atoms with Crippen molar-refractivity contribution in [1.82, 2.24) is 0 Å². The zero-order valence-electron chi connectivity index (χ0n) is 9.27. The molecule has 86 valence electrons. The molecule has 0 aromatic heterocycles. The molecular weight excluding hydrogens is 220 g/mol. The van der Waals surface area contributed by atoms with Gasteiger partial charge in [-0.3, -0.25) is 0 Å². The van der Waals surface area contributed by atoms with E-state index in [9.17, 15) is 5.11 Å². The maximum absolute atomic E-state index is 10.1. The number of hydrogen-bond donors (Lipinski definition) is 1. The first-order valence-electron chi connectivity index (χ1n) is 5.83. The summed E-state index contributed by atoms with van der Waals surface area (Å²) in [7, 11) is 0. The van der Waals surface area contributed by atoms with Crippen LogP contribution in [-0.2, 0) is 6.42 Å². The Labute approximate surface area is 102 Å². The van der Waals surface area contributed by atoms with Crippen molar-refractivity contribution in [2.45, 2.75) is 31.8 Å². The van der Waals surface area contributed by atoms with Gasteiger partial charge in [0.05, 0.1) is 6.10 Å². The number of rotatable bonds is 3. The second kappa shape index (κ2) is 5.51. The molecule has 1 nitrogen and oxygen atoms in total. The van der Waals surface area contributed by atoms with Gasteiger partial charge < -0.3 is 5.11 Å². The molecule has 1 aromatic rings. The summed E-state index contributed by atoms with van der Waals surface area (Å²) in [4.78, 5) is 0. The quantitative estimate of drug-likeness (QED) is 0.796. The third-order valence-electron chi connectivity index (χ3n) is 3.19. The maximum atomic E-state index is 10.1. The Morgan fingerprint density at radius 3 is 2.94 bits per heavy atom. The second-order valence-corrected chi connectivity index (χ2v) is 4.88. The summed E-state index contributed by atoms with van der Waals surface area (Å²) in [6.07, 6.45) is 8.03. The normalized spacial score (nSPS) is 22.0. The highest BCUT2D eigenvalue weighted by molar-refractivity contribution is 6.30. The third kappa shape index (κ3) is 3.10. The van der Waals surface area contributed by atoms with Gasteiger partial charge in [-0.05, 0) is 49.3 Å². The van der Waals surface area contributed by atoms with E-state index in [1.807, 2.05) is 24.3 Å². The highest BCUT2D eigenvalue weighted by Crippen LogP contribution is 2.24. The molecule has 0 spiro atoms. The fourth-order valence-corrected chi connectivity index (χ4v) is 2.45. The Morgan fingerprint density at radius 2 is 2.25 bits per heavy atom. The summed E-state index contributed by atoms with van der Waals surface area (Å²) in [5.41, 5.74) is 1.12. The SMILES string of the molecule is OC(Cc1cccc(Cl)c1)C1CC=CCC1. The molecular formula is C14H17ClO. The van der Waals surface area contributed by atoms with Gasteiger partial charge in [-0.25, -0.2) is 0 Å². The summed E-state index contributed by atoms with van der Waals surface area (Å²) >= 11 is 5.92. The molecule has 0 aliphatic heterocycles. The van der Waals surface area contributed by atoms with E-state index in [1.165, 1.54) is 0 Å². The fourth-order valence-electron chi connectivity index (χ4n) is 2.24. The van der Waals surface area contributed by atoms with Gasteiger partial charge in [0.25, 0.3) is 0 Å². The van der Waals surface area contributed by atoms with Crippen LogP contribution in [0.2, 0.25) is 5.02 Å². The van der Waals surface area contributed by atoms with Gasteiger partial charge in [-0.2, -0.15) is 0 Å². The molecule has 0 bridgehead atoms. The van der Waals surface area contributed by atoms with Crippen LogP contribution in [-0.4, -0.2) is 11.2 Å². The van der Waals surface area contributed by atoms with Crippen molar-refractivity contribution < 1.29 is 5.11 Å². The van der Waals surface area contributed by atoms with Crippen molar-refractivity contribution in [3.63, 3.8) is 0 Å². The van der Waals surface area contributed by atoms with Crippen molar-refractivity contribution in [3.8, 4) is 0 Å². The van der Waals surface area contributed by atoms with Crippen molar-refractivity contribution >= 4 is 11.6 Å². The monoisotopic (exact) mass is 236 g/mol. The highest BCUT2D eigenvalue weighted by Gasteiger charge is 2.19. The van der Waals surface area contributed by atoms with Crippen LogP contribution in [0.5, 0.6) is 0 Å². The summed E-state index contributed by atoms with van der Waals surface area (Å²) in [5.74, 6) is 0.406. The molecule has 2 rings (SSSR count). The van der Waals surface area contributed by atoms with Crippen LogP contribution in [0, 0.1) is 5.92 Å². The number of aliphatic hydroxyl groups excluding tert-OH is 1. The molecule has 0 saturated carbocycles. The lowest BCUT2D eigenvalue weighted by atomic mass is 9.86. The van der Waals surface area contributed by atoms with Gasteiger partial charge in [-0.1, -0.05) is 35.9 Å². The first kappa shape index (κ1) is 11.7. The van der Waals surface area contributed by atoms with E-state index in [2.05, 4.69) is 12.2 Å². The predicted octanol–water partition coefficient (Wildman–Crippen LogP) is 3.60. The molecule has 2 unspecified atom stereocenters. The fraction of sp³-hybridized carbons (Fsp3) is 0.429. The van der Waals surface area contributed by atoms with E-state index in [0.717, 1.165) is 29.8 Å². The van der Waals surface area contributed by atoms with E-state index in [-0.39, 0.29) is 6.10 Å². The molecule has 1 aromatic carbocycles. The first-order chi connectivity index (χ1) is 7.75. The number of aliphatic hydroxyl groups is 1. The zero-order valence-corrected chi connectivity index (χ0v) is 10.0. The van der Waals surface area contributed by atoms with E-state index in [1.54, 1.807) is 0 Å². The minimum absolute atomic E-state index is 0.247. The lowest BCUT2D eigenvalue weighted by Crippen LogP contribution is -2.23. The minimum atomic E-state index is -0.247. The Morgan fingerprint density at radius 1 is 1.38 bits per heavy atom. The van der Waals surface area contributed by atoms with E-state index in [4.69, 9.17) is 11.6 Å². The number of hydrogen-bond acceptors (Lipinski definition) is 1. The van der Waals surface area contributed by atoms with E-state index < -0.39 is 0 Å². The molecule has 2 atom stereocenters. The molecule has 2 heteroatoms. The van der Waals surface area contributed by atoms with Gasteiger partial charge in [-0.15, -0.1) is 0 Å². The summed E-state index contributed by atoms with van der Waals surface area (Å²) in [6, 6.07) is 7.75. The van der Waals surface area contributed by atoms with Crippen molar-refractivity contribution in [1.29, 1.82) is 0 Å². The molecule has 1 aliphatic carbocycles. The number of halogens is 1. The molecule has 16 heavy (non-hydrogen) atoms. The molecule has 0 radical (unpaired) electrons. The topological polar surface area (TPSA) is 20.2 Å². The van der Waals surface area contributed by atoms with Crippen LogP contribution >= 0.6 is 11.6 Å². The number of benzene rings is 1. The van der Waals surface area contributed by atoms with Crippen molar-refractivity contribution in [3.05, 3.63) is 47.0 Å². The average molecular weight is 237 g/mol. The molecule has 1 aliphatic rings. The first-order valence-corrected chi connectivity index (χ1v) is 6.21. The molecule has 0 heterocycles. The Kier molecular flexibility index (Phi) is 4.03. The largest absolute Gasteiger partial charge is 0.392 e. The maximum Gasteiger partial charge on any atom is 0.0611 e.